The summed E-state index contributed by atoms with van der Waals surface area (Å²) in [5.41, 5.74) is 6.02. The van der Waals surface area contributed by atoms with Crippen molar-refractivity contribution in [3.05, 3.63) is 48.2 Å². The molecule has 0 radical (unpaired) electrons. The maximum Gasteiger partial charge on any atom is 0.140 e. The molecule has 2 aliphatic rings. The largest absolute Gasteiger partial charge is 0.386 e. The number of aromatic amines is 1. The summed E-state index contributed by atoms with van der Waals surface area (Å²) in [7, 11) is 1.79. The third-order valence-electron chi connectivity index (χ3n) is 6.83. The van der Waals surface area contributed by atoms with E-state index in [2.05, 4.69) is 26.3 Å². The van der Waals surface area contributed by atoms with Crippen LogP contribution < -0.4 is 10.2 Å². The number of benzene rings is 1. The van der Waals surface area contributed by atoms with Crippen LogP contribution in [0.1, 0.15) is 24.8 Å². The number of nitrogens with one attached hydrogen (secondary N) is 2. The van der Waals surface area contributed by atoms with Crippen LogP contribution in [-0.4, -0.2) is 35.1 Å². The fourth-order valence-corrected chi connectivity index (χ4v) is 5.00. The zero-order valence-corrected chi connectivity index (χ0v) is 17.2. The molecule has 1 aliphatic heterocycles. The molecule has 0 atom stereocenters. The number of anilines is 2. The molecule has 2 fully saturated rings. The Balaban J connectivity index is 1.68. The minimum Gasteiger partial charge on any atom is -0.386 e. The first-order chi connectivity index (χ1) is 15.1. The van der Waals surface area contributed by atoms with E-state index in [0.717, 1.165) is 51.8 Å². The second-order valence-corrected chi connectivity index (χ2v) is 8.74. The van der Waals surface area contributed by atoms with Gasteiger partial charge in [0.2, 0.25) is 0 Å². The molecule has 4 heterocycles. The zero-order chi connectivity index (χ0) is 21.2. The molecule has 154 valence electrons. The van der Waals surface area contributed by atoms with Crippen LogP contribution in [0.25, 0.3) is 33.1 Å². The highest BCUT2D eigenvalue weighted by Gasteiger charge is 2.48. The Morgan fingerprint density at radius 3 is 2.81 bits per heavy atom. The lowest BCUT2D eigenvalue weighted by Crippen LogP contribution is -2.21. The monoisotopic (exact) mass is 412 g/mol. The predicted octanol–water partition coefficient (Wildman–Crippen LogP) is 4.82. The topological polar surface area (TPSA) is 80.6 Å². The van der Waals surface area contributed by atoms with E-state index in [-0.39, 0.29) is 5.82 Å². The first kappa shape index (κ1) is 18.1. The number of halogens is 1. The van der Waals surface area contributed by atoms with Crippen molar-refractivity contribution in [3.63, 3.8) is 0 Å². The summed E-state index contributed by atoms with van der Waals surface area (Å²) >= 11 is 0. The van der Waals surface area contributed by atoms with E-state index in [1.54, 1.807) is 25.5 Å². The summed E-state index contributed by atoms with van der Waals surface area (Å²) in [6.45, 7) is 1.95. The maximum absolute atomic E-state index is 14.5. The predicted molar refractivity (Wildman–Crippen MR) is 120 cm³/mol. The highest BCUT2D eigenvalue weighted by molar-refractivity contribution is 6.17. The number of hydrogen-bond acceptors (Lipinski definition) is 5. The summed E-state index contributed by atoms with van der Waals surface area (Å²) in [6.07, 6.45) is 8.88. The lowest BCUT2D eigenvalue weighted by molar-refractivity contribution is 0.581. The number of H-pyrrole nitrogens is 1. The Bertz CT molecular complexity index is 1390. The van der Waals surface area contributed by atoms with E-state index in [0.29, 0.717) is 16.7 Å². The number of aromatic nitrogens is 3. The summed E-state index contributed by atoms with van der Waals surface area (Å²) in [4.78, 5) is 14.8. The molecule has 1 saturated carbocycles. The van der Waals surface area contributed by atoms with Gasteiger partial charge in [0.1, 0.15) is 17.5 Å². The molecule has 1 spiro atoms. The minimum atomic E-state index is -0.290. The van der Waals surface area contributed by atoms with E-state index in [9.17, 15) is 9.65 Å². The van der Waals surface area contributed by atoms with Crippen molar-refractivity contribution in [2.24, 2.45) is 5.41 Å². The number of rotatable bonds is 3. The molecule has 1 aliphatic carbocycles. The van der Waals surface area contributed by atoms with Crippen molar-refractivity contribution in [1.29, 1.82) is 5.26 Å². The van der Waals surface area contributed by atoms with Crippen LogP contribution in [0.15, 0.2) is 36.8 Å². The molecule has 0 bridgehead atoms. The molecular weight excluding hydrogens is 391 g/mol. The zero-order valence-electron chi connectivity index (χ0n) is 17.2. The van der Waals surface area contributed by atoms with Crippen LogP contribution in [0.5, 0.6) is 0 Å². The summed E-state index contributed by atoms with van der Waals surface area (Å²) in [6, 6.07) is 7.09. The van der Waals surface area contributed by atoms with Gasteiger partial charge in [0.05, 0.1) is 27.8 Å². The minimum absolute atomic E-state index is 0.290. The second-order valence-electron chi connectivity index (χ2n) is 8.74. The second kappa shape index (κ2) is 6.42. The summed E-state index contributed by atoms with van der Waals surface area (Å²) in [5.74, 6) is -0.290. The molecule has 0 amide bonds. The smallest absolute Gasteiger partial charge is 0.140 e. The van der Waals surface area contributed by atoms with Crippen molar-refractivity contribution in [2.45, 2.75) is 19.3 Å². The van der Waals surface area contributed by atoms with Crippen LogP contribution in [0.2, 0.25) is 0 Å². The number of hydrogen-bond donors (Lipinski definition) is 2. The summed E-state index contributed by atoms with van der Waals surface area (Å²) < 4.78 is 14.5. The van der Waals surface area contributed by atoms with E-state index >= 15 is 0 Å². The Labute approximate surface area is 178 Å². The Morgan fingerprint density at radius 2 is 2.06 bits per heavy atom. The number of nitriles is 1. The number of fused-ring (bicyclic) bond motifs is 3. The van der Waals surface area contributed by atoms with Crippen molar-refractivity contribution >= 4 is 33.3 Å². The Kier molecular flexibility index (Phi) is 3.75. The summed E-state index contributed by atoms with van der Waals surface area (Å²) in [5, 5.41) is 14.2. The molecule has 6 nitrogen and oxygen atoms in total. The van der Waals surface area contributed by atoms with Crippen molar-refractivity contribution in [3.8, 4) is 17.2 Å². The quantitative estimate of drug-likeness (QED) is 0.504. The van der Waals surface area contributed by atoms with Gasteiger partial charge >= 0.3 is 0 Å². The van der Waals surface area contributed by atoms with E-state index in [4.69, 9.17) is 4.98 Å². The van der Waals surface area contributed by atoms with Gasteiger partial charge in [-0.25, -0.2) is 9.37 Å². The van der Waals surface area contributed by atoms with Gasteiger partial charge in [0, 0.05) is 55.2 Å². The molecule has 3 aromatic heterocycles. The fourth-order valence-electron chi connectivity index (χ4n) is 5.00. The Morgan fingerprint density at radius 1 is 1.19 bits per heavy atom. The van der Waals surface area contributed by atoms with Crippen LogP contribution in [0, 0.1) is 22.6 Å². The van der Waals surface area contributed by atoms with Gasteiger partial charge in [0.15, 0.2) is 0 Å². The van der Waals surface area contributed by atoms with Crippen LogP contribution in [0.3, 0.4) is 0 Å². The van der Waals surface area contributed by atoms with Gasteiger partial charge in [-0.15, -0.1) is 0 Å². The maximum atomic E-state index is 14.5. The van der Waals surface area contributed by atoms with Crippen LogP contribution in [-0.2, 0) is 0 Å². The first-order valence-electron chi connectivity index (χ1n) is 10.5. The number of pyridine rings is 2. The van der Waals surface area contributed by atoms with Crippen LogP contribution in [0.4, 0.5) is 15.8 Å². The molecule has 31 heavy (non-hydrogen) atoms. The average Bonchev–Trinajstić information content (AvgIpc) is 3.26. The molecule has 1 aromatic carbocycles. The molecule has 2 N–H and O–H groups in total. The lowest BCUT2D eigenvalue weighted by Gasteiger charge is -2.23. The SMILES string of the molecule is CNc1cc(F)cc2c1[nH]c1ncc(-c3cncc(C#N)c3)c(N3CCC4(CC4)C3)c12. The van der Waals surface area contributed by atoms with Crippen molar-refractivity contribution < 1.29 is 4.39 Å². The number of nitrogens with zero attached hydrogens (tertiary/aromatic N) is 4. The third-order valence-corrected chi connectivity index (χ3v) is 6.83. The average molecular weight is 412 g/mol. The van der Waals surface area contributed by atoms with Gasteiger partial charge in [-0.1, -0.05) is 0 Å². The van der Waals surface area contributed by atoms with Gasteiger partial charge < -0.3 is 15.2 Å². The molecule has 1 saturated heterocycles. The van der Waals surface area contributed by atoms with Crippen molar-refractivity contribution in [2.75, 3.05) is 30.4 Å². The van der Waals surface area contributed by atoms with Crippen molar-refractivity contribution in [1.82, 2.24) is 15.0 Å². The molecular formula is C24H21FN6. The standard InChI is InChI=1S/C24H21FN6/c1-27-19-8-16(25)7-17-20-22(31-5-4-24(13-31)2-3-24)18(12-29-23(20)30-21(17)19)15-6-14(9-26)10-28-11-15/h6-8,10-12,27H,2-5,13H2,1H3,(H,29,30). The molecule has 6 rings (SSSR count). The normalized spacial score (nSPS) is 16.9. The van der Waals surface area contributed by atoms with E-state index < -0.39 is 0 Å². The first-order valence-corrected chi connectivity index (χ1v) is 10.5. The van der Waals surface area contributed by atoms with Gasteiger partial charge in [-0.05, 0) is 42.9 Å². The van der Waals surface area contributed by atoms with Crippen LogP contribution >= 0.6 is 0 Å². The van der Waals surface area contributed by atoms with E-state index in [1.807, 2.05) is 12.3 Å². The molecule has 4 aromatic rings. The fraction of sp³-hybridized carbons (Fsp3) is 0.292. The Hall–Kier alpha value is -3.66. The van der Waals surface area contributed by atoms with Gasteiger partial charge in [-0.3, -0.25) is 4.98 Å². The lowest BCUT2D eigenvalue weighted by atomic mass is 10.0. The molecule has 0 unspecified atom stereocenters. The third kappa shape index (κ3) is 2.75. The molecule has 7 heteroatoms. The van der Waals surface area contributed by atoms with E-state index in [1.165, 1.54) is 25.3 Å². The highest BCUT2D eigenvalue weighted by Crippen LogP contribution is 2.55. The van der Waals surface area contributed by atoms with Gasteiger partial charge in [0.25, 0.3) is 0 Å². The van der Waals surface area contributed by atoms with Gasteiger partial charge in [-0.2, -0.15) is 5.26 Å². The highest BCUT2D eigenvalue weighted by atomic mass is 19.1.